The Hall–Kier alpha value is -2.74. The standard InChI is InChI=1S/C21H19ClN4O4S2/c22-16-5-3-14(4-6-16)11-26-18-12-32(28,29)13-19(18)31-21(26)25-9-15(8-23)20(27)24-10-17-2-1-7-30-17/h1-7,9,18-19H,10-13H2,(H,24,27)/b15-9+,25-21?. The molecule has 8 nitrogen and oxygen atoms in total. The first-order chi connectivity index (χ1) is 15.3. The zero-order valence-electron chi connectivity index (χ0n) is 16.8. The van der Waals surface area contributed by atoms with Crippen molar-refractivity contribution in [2.24, 2.45) is 4.99 Å². The van der Waals surface area contributed by atoms with Crippen LogP contribution in [0.5, 0.6) is 0 Å². The first-order valence-corrected chi connectivity index (χ1v) is 12.8. The first-order valence-electron chi connectivity index (χ1n) is 9.71. The number of nitriles is 1. The summed E-state index contributed by atoms with van der Waals surface area (Å²) < 4.78 is 29.5. The average molecular weight is 491 g/mol. The molecule has 11 heteroatoms. The molecule has 2 fully saturated rings. The van der Waals surface area contributed by atoms with E-state index in [9.17, 15) is 18.5 Å². The van der Waals surface area contributed by atoms with Crippen molar-refractivity contribution in [3.8, 4) is 6.07 Å². The molecule has 0 saturated carbocycles. The molecule has 2 saturated heterocycles. The van der Waals surface area contributed by atoms with Crippen LogP contribution in [0, 0.1) is 11.3 Å². The van der Waals surface area contributed by atoms with Crippen LogP contribution in [0.4, 0.5) is 0 Å². The summed E-state index contributed by atoms with van der Waals surface area (Å²) in [4.78, 5) is 18.7. The Morgan fingerprint density at radius 2 is 2.12 bits per heavy atom. The molecule has 32 heavy (non-hydrogen) atoms. The molecule has 3 heterocycles. The van der Waals surface area contributed by atoms with Crippen LogP contribution in [0.25, 0.3) is 0 Å². The number of aliphatic imine (C=N–C) groups is 1. The summed E-state index contributed by atoms with van der Waals surface area (Å²) >= 11 is 7.33. The van der Waals surface area contributed by atoms with Gasteiger partial charge in [-0.05, 0) is 29.8 Å². The van der Waals surface area contributed by atoms with Crippen molar-refractivity contribution in [3.63, 3.8) is 0 Å². The third kappa shape index (κ3) is 5.18. The Balaban J connectivity index is 1.54. The Morgan fingerprint density at radius 1 is 1.34 bits per heavy atom. The van der Waals surface area contributed by atoms with Crippen molar-refractivity contribution in [2.45, 2.75) is 24.4 Å². The maximum Gasteiger partial charge on any atom is 0.263 e. The monoisotopic (exact) mass is 490 g/mol. The van der Waals surface area contributed by atoms with Crippen LogP contribution in [0.15, 0.2) is 63.8 Å². The fourth-order valence-electron chi connectivity index (χ4n) is 3.55. The minimum Gasteiger partial charge on any atom is -0.467 e. The largest absolute Gasteiger partial charge is 0.467 e. The number of furan rings is 1. The zero-order valence-corrected chi connectivity index (χ0v) is 19.2. The van der Waals surface area contributed by atoms with Crippen molar-refractivity contribution in [3.05, 3.63) is 70.8 Å². The number of rotatable bonds is 6. The zero-order chi connectivity index (χ0) is 22.7. The highest BCUT2D eigenvalue weighted by Gasteiger charge is 2.48. The molecule has 2 unspecified atom stereocenters. The molecule has 0 radical (unpaired) electrons. The van der Waals surface area contributed by atoms with Gasteiger partial charge < -0.3 is 14.6 Å². The van der Waals surface area contributed by atoms with E-state index < -0.39 is 15.7 Å². The van der Waals surface area contributed by atoms with E-state index in [2.05, 4.69) is 10.3 Å². The predicted octanol–water partition coefficient (Wildman–Crippen LogP) is 2.73. The molecule has 1 N–H and O–H groups in total. The second-order valence-electron chi connectivity index (χ2n) is 7.38. The summed E-state index contributed by atoms with van der Waals surface area (Å²) in [6, 6.07) is 12.4. The minimum atomic E-state index is -3.12. The fraction of sp³-hybridized carbons (Fsp3) is 0.286. The van der Waals surface area contributed by atoms with Crippen LogP contribution < -0.4 is 5.32 Å². The summed E-state index contributed by atoms with van der Waals surface area (Å²) in [5.41, 5.74) is 0.800. The number of thioether (sulfide) groups is 1. The average Bonchev–Trinajstić information content (AvgIpc) is 3.45. The van der Waals surface area contributed by atoms with Crippen molar-refractivity contribution >= 4 is 44.3 Å². The van der Waals surface area contributed by atoms with Gasteiger partial charge in [0.15, 0.2) is 15.0 Å². The van der Waals surface area contributed by atoms with Gasteiger partial charge in [-0.2, -0.15) is 5.26 Å². The van der Waals surface area contributed by atoms with Gasteiger partial charge in [-0.25, -0.2) is 13.4 Å². The van der Waals surface area contributed by atoms with Crippen LogP contribution in [-0.2, 0) is 27.7 Å². The predicted molar refractivity (Wildman–Crippen MR) is 123 cm³/mol. The number of carbonyl (C=O) groups excluding carboxylic acids is 1. The van der Waals surface area contributed by atoms with Gasteiger partial charge in [0.1, 0.15) is 17.4 Å². The van der Waals surface area contributed by atoms with Gasteiger partial charge >= 0.3 is 0 Å². The Kier molecular flexibility index (Phi) is 6.60. The summed E-state index contributed by atoms with van der Waals surface area (Å²) in [7, 11) is -3.12. The second kappa shape index (κ2) is 9.40. The van der Waals surface area contributed by atoms with E-state index >= 15 is 0 Å². The first kappa shape index (κ1) is 22.5. The van der Waals surface area contributed by atoms with Gasteiger partial charge in [0.25, 0.3) is 5.91 Å². The third-order valence-electron chi connectivity index (χ3n) is 5.11. The number of sulfone groups is 1. The third-order valence-corrected chi connectivity index (χ3v) is 8.63. The van der Waals surface area contributed by atoms with Crippen LogP contribution >= 0.6 is 23.4 Å². The van der Waals surface area contributed by atoms with Crippen molar-refractivity contribution < 1.29 is 17.6 Å². The Morgan fingerprint density at radius 3 is 2.81 bits per heavy atom. The van der Waals surface area contributed by atoms with Gasteiger partial charge in [-0.1, -0.05) is 35.5 Å². The number of hydrogen-bond acceptors (Lipinski definition) is 7. The molecular formula is C21H19ClN4O4S2. The molecule has 0 aliphatic carbocycles. The SMILES string of the molecule is N#C/C(=C\N=C1SC2CS(=O)(=O)CC2N1Cc1ccc(Cl)cc1)C(=O)NCc1ccco1. The molecule has 0 bridgehead atoms. The molecule has 2 aromatic rings. The maximum absolute atomic E-state index is 12.3. The number of carbonyl (C=O) groups is 1. The van der Waals surface area contributed by atoms with Gasteiger partial charge in [0, 0.05) is 16.8 Å². The second-order valence-corrected chi connectivity index (χ2v) is 11.2. The summed E-state index contributed by atoms with van der Waals surface area (Å²) in [5.74, 6) is 0.131. The smallest absolute Gasteiger partial charge is 0.263 e. The van der Waals surface area contributed by atoms with Gasteiger partial charge in [-0.3, -0.25) is 4.79 Å². The molecule has 2 aliphatic rings. The van der Waals surface area contributed by atoms with Crippen molar-refractivity contribution in [1.82, 2.24) is 10.2 Å². The highest BCUT2D eigenvalue weighted by atomic mass is 35.5. The van der Waals surface area contributed by atoms with Crippen LogP contribution in [0.2, 0.25) is 5.02 Å². The van der Waals surface area contributed by atoms with E-state index in [0.29, 0.717) is 22.5 Å². The molecule has 1 amide bonds. The number of nitrogens with zero attached hydrogens (tertiary/aromatic N) is 3. The van der Waals surface area contributed by atoms with Crippen LogP contribution in [0.3, 0.4) is 0 Å². The lowest BCUT2D eigenvalue weighted by Gasteiger charge is -2.24. The van der Waals surface area contributed by atoms with E-state index in [0.717, 1.165) is 5.56 Å². The van der Waals surface area contributed by atoms with Crippen LogP contribution in [0.1, 0.15) is 11.3 Å². The molecular weight excluding hydrogens is 472 g/mol. The molecule has 2 aliphatic heterocycles. The highest BCUT2D eigenvalue weighted by molar-refractivity contribution is 8.15. The normalized spacial score (nSPS) is 23.2. The number of amidine groups is 1. The van der Waals surface area contributed by atoms with Gasteiger partial charge in [0.2, 0.25) is 0 Å². The van der Waals surface area contributed by atoms with Crippen LogP contribution in [-0.4, -0.2) is 47.2 Å². The lowest BCUT2D eigenvalue weighted by Crippen LogP contribution is -2.36. The number of benzene rings is 1. The van der Waals surface area contributed by atoms with Crippen molar-refractivity contribution in [2.75, 3.05) is 11.5 Å². The Labute approximate surface area is 194 Å². The van der Waals surface area contributed by atoms with E-state index in [4.69, 9.17) is 16.0 Å². The minimum absolute atomic E-state index is 0.0513. The molecule has 1 aromatic heterocycles. The Bertz CT molecular complexity index is 1200. The van der Waals surface area contributed by atoms with E-state index in [1.165, 1.54) is 24.2 Å². The topological polar surface area (TPSA) is 116 Å². The van der Waals surface area contributed by atoms with Crippen molar-refractivity contribution in [1.29, 1.82) is 5.26 Å². The lowest BCUT2D eigenvalue weighted by atomic mass is 10.1. The molecule has 1 aromatic carbocycles. The summed E-state index contributed by atoms with van der Waals surface area (Å²) in [6.45, 7) is 0.598. The quantitative estimate of drug-likeness (QED) is 0.488. The number of halogens is 1. The molecule has 2 atom stereocenters. The maximum atomic E-state index is 12.3. The highest BCUT2D eigenvalue weighted by Crippen LogP contribution is 2.39. The van der Waals surface area contributed by atoms with Gasteiger partial charge in [0.05, 0.1) is 36.6 Å². The number of amides is 1. The molecule has 0 spiro atoms. The summed E-state index contributed by atoms with van der Waals surface area (Å²) in [6.07, 6.45) is 2.72. The fourth-order valence-corrected chi connectivity index (χ4v) is 7.61. The number of hydrogen-bond donors (Lipinski definition) is 1. The molecule has 4 rings (SSSR count). The number of nitrogens with one attached hydrogen (secondary N) is 1. The number of fused-ring (bicyclic) bond motifs is 1. The lowest BCUT2D eigenvalue weighted by molar-refractivity contribution is -0.117. The molecule has 166 valence electrons. The summed E-state index contributed by atoms with van der Waals surface area (Å²) in [5, 5.41) is 13.1. The van der Waals surface area contributed by atoms with E-state index in [1.54, 1.807) is 24.3 Å². The van der Waals surface area contributed by atoms with E-state index in [-0.39, 0.29) is 34.9 Å². The van der Waals surface area contributed by atoms with E-state index in [1.807, 2.05) is 23.1 Å². The van der Waals surface area contributed by atoms with Gasteiger partial charge in [-0.15, -0.1) is 0 Å².